The molecule has 20 heavy (non-hydrogen) atoms. The van der Waals surface area contributed by atoms with Crippen LogP contribution in [0.15, 0.2) is 52.7 Å². The second-order valence-electron chi connectivity index (χ2n) is 4.52. The molecule has 0 saturated heterocycles. The molecular weight excluding hydrogens is 274 g/mol. The summed E-state index contributed by atoms with van der Waals surface area (Å²) < 4.78 is 0. The molecule has 0 radical (unpaired) electrons. The van der Waals surface area contributed by atoms with Crippen LogP contribution >= 0.6 is 11.6 Å². The van der Waals surface area contributed by atoms with Crippen molar-refractivity contribution < 1.29 is 5.11 Å². The fraction of sp³-hybridized carbons (Fsp3) is 0.200. The third kappa shape index (κ3) is 3.35. The van der Waals surface area contributed by atoms with Crippen LogP contribution in [-0.2, 0) is 6.61 Å². The van der Waals surface area contributed by atoms with E-state index in [1.165, 1.54) is 0 Å². The van der Waals surface area contributed by atoms with E-state index in [1.807, 2.05) is 49.3 Å². The zero-order valence-electron chi connectivity index (χ0n) is 11.4. The first kappa shape index (κ1) is 14.5. The van der Waals surface area contributed by atoms with Gasteiger partial charge in [-0.1, -0.05) is 23.7 Å². The zero-order valence-corrected chi connectivity index (χ0v) is 12.2. The van der Waals surface area contributed by atoms with Crippen LogP contribution in [0.2, 0.25) is 5.02 Å². The minimum atomic E-state index is -0.0848. The van der Waals surface area contributed by atoms with Crippen molar-refractivity contribution in [3.8, 4) is 0 Å². The molecule has 0 bridgehead atoms. The summed E-state index contributed by atoms with van der Waals surface area (Å²) in [5, 5.41) is 18.3. The Kier molecular flexibility index (Phi) is 4.71. The molecule has 2 aromatic carbocycles. The third-order valence-corrected chi connectivity index (χ3v) is 3.19. The number of azo groups is 1. The third-order valence-electron chi connectivity index (χ3n) is 2.87. The van der Waals surface area contributed by atoms with Crippen molar-refractivity contribution >= 4 is 28.7 Å². The first-order chi connectivity index (χ1) is 9.61. The molecule has 4 nitrogen and oxygen atoms in total. The van der Waals surface area contributed by atoms with Gasteiger partial charge in [0, 0.05) is 25.3 Å². The molecule has 0 atom stereocenters. The number of hydrogen-bond acceptors (Lipinski definition) is 4. The minimum absolute atomic E-state index is 0.0848. The van der Waals surface area contributed by atoms with Crippen LogP contribution < -0.4 is 4.90 Å². The van der Waals surface area contributed by atoms with Crippen LogP contribution in [0.25, 0.3) is 0 Å². The number of rotatable bonds is 4. The maximum Gasteiger partial charge on any atom is 0.104 e. The lowest BCUT2D eigenvalue weighted by Crippen LogP contribution is -2.08. The van der Waals surface area contributed by atoms with Gasteiger partial charge in [0.25, 0.3) is 0 Å². The molecule has 2 rings (SSSR count). The Labute approximate surface area is 123 Å². The maximum absolute atomic E-state index is 9.43. The van der Waals surface area contributed by atoms with Crippen molar-refractivity contribution in [1.29, 1.82) is 0 Å². The van der Waals surface area contributed by atoms with Gasteiger partial charge < -0.3 is 10.0 Å². The summed E-state index contributed by atoms with van der Waals surface area (Å²) in [6, 6.07) is 12.9. The van der Waals surface area contributed by atoms with Gasteiger partial charge in [-0.05, 0) is 30.3 Å². The smallest absolute Gasteiger partial charge is 0.104 e. The molecule has 104 valence electrons. The maximum atomic E-state index is 9.43. The van der Waals surface area contributed by atoms with Gasteiger partial charge in [-0.25, -0.2) is 0 Å². The van der Waals surface area contributed by atoms with E-state index in [4.69, 9.17) is 11.6 Å². The van der Waals surface area contributed by atoms with Crippen molar-refractivity contribution in [1.82, 2.24) is 0 Å². The molecule has 0 aliphatic heterocycles. The molecule has 0 unspecified atom stereocenters. The summed E-state index contributed by atoms with van der Waals surface area (Å²) in [6.45, 7) is -0.0848. The van der Waals surface area contributed by atoms with Crippen LogP contribution in [0.1, 0.15) is 5.56 Å². The number of nitrogens with zero attached hydrogens (tertiary/aromatic N) is 3. The lowest BCUT2D eigenvalue weighted by atomic mass is 10.1. The van der Waals surface area contributed by atoms with Gasteiger partial charge in [0.05, 0.1) is 17.3 Å². The van der Waals surface area contributed by atoms with Crippen molar-refractivity contribution in [3.05, 3.63) is 53.1 Å². The minimum Gasteiger partial charge on any atom is -0.392 e. The van der Waals surface area contributed by atoms with Crippen molar-refractivity contribution in [2.75, 3.05) is 19.0 Å². The van der Waals surface area contributed by atoms with E-state index in [9.17, 15) is 5.11 Å². The Morgan fingerprint density at radius 2 is 1.75 bits per heavy atom. The Morgan fingerprint density at radius 3 is 2.40 bits per heavy atom. The largest absolute Gasteiger partial charge is 0.392 e. The predicted molar refractivity (Wildman–Crippen MR) is 82.3 cm³/mol. The van der Waals surface area contributed by atoms with Crippen LogP contribution in [0.3, 0.4) is 0 Å². The molecule has 0 aliphatic carbocycles. The summed E-state index contributed by atoms with van der Waals surface area (Å²) in [7, 11) is 3.89. The molecule has 0 amide bonds. The van der Waals surface area contributed by atoms with Gasteiger partial charge in [0.2, 0.25) is 0 Å². The second-order valence-corrected chi connectivity index (χ2v) is 4.92. The van der Waals surface area contributed by atoms with Crippen LogP contribution in [0, 0.1) is 0 Å². The molecule has 0 spiro atoms. The normalized spacial score (nSPS) is 11.0. The number of benzene rings is 2. The standard InChI is InChI=1S/C15H16ClN3O/c1-19(2)12-7-8-14(11(9-12)10-20)17-18-15-6-4-3-5-13(15)16/h3-9,20H,10H2,1-2H3. The van der Waals surface area contributed by atoms with E-state index in [2.05, 4.69) is 10.2 Å². The SMILES string of the molecule is CN(C)c1ccc(N=Nc2ccccc2Cl)c(CO)c1. The summed E-state index contributed by atoms with van der Waals surface area (Å²) in [5.74, 6) is 0. The van der Waals surface area contributed by atoms with Gasteiger partial charge in [0.1, 0.15) is 5.69 Å². The van der Waals surface area contributed by atoms with Crippen LogP contribution in [0.5, 0.6) is 0 Å². The van der Waals surface area contributed by atoms with Crippen LogP contribution in [0.4, 0.5) is 17.1 Å². The molecule has 0 aliphatic rings. The Balaban J connectivity index is 2.32. The highest BCUT2D eigenvalue weighted by Crippen LogP contribution is 2.29. The molecule has 0 fully saturated rings. The predicted octanol–water partition coefficient (Wildman–Crippen LogP) is 4.31. The second kappa shape index (κ2) is 6.50. The molecule has 5 heteroatoms. The Hall–Kier alpha value is -1.91. The van der Waals surface area contributed by atoms with Crippen molar-refractivity contribution in [3.63, 3.8) is 0 Å². The van der Waals surface area contributed by atoms with Gasteiger partial charge in [0.15, 0.2) is 0 Å². The summed E-state index contributed by atoms with van der Waals surface area (Å²) >= 11 is 6.02. The highest BCUT2D eigenvalue weighted by molar-refractivity contribution is 6.32. The monoisotopic (exact) mass is 289 g/mol. The van der Waals surface area contributed by atoms with Crippen molar-refractivity contribution in [2.45, 2.75) is 6.61 Å². The van der Waals surface area contributed by atoms with Gasteiger partial charge in [-0.15, -0.1) is 5.11 Å². The average molecular weight is 290 g/mol. The topological polar surface area (TPSA) is 48.2 Å². The van der Waals surface area contributed by atoms with E-state index < -0.39 is 0 Å². The molecule has 0 saturated carbocycles. The average Bonchev–Trinajstić information content (AvgIpc) is 2.46. The summed E-state index contributed by atoms with van der Waals surface area (Å²) in [4.78, 5) is 1.97. The Bertz CT molecular complexity index is 626. The van der Waals surface area contributed by atoms with Crippen LogP contribution in [-0.4, -0.2) is 19.2 Å². The highest BCUT2D eigenvalue weighted by atomic mass is 35.5. The summed E-state index contributed by atoms with van der Waals surface area (Å²) in [5.41, 5.74) is 2.98. The molecule has 0 heterocycles. The number of aliphatic hydroxyl groups excluding tert-OH is 1. The number of hydrogen-bond donors (Lipinski definition) is 1. The van der Waals surface area contributed by atoms with Gasteiger partial charge in [-0.3, -0.25) is 0 Å². The number of halogens is 1. The molecule has 2 aromatic rings. The highest BCUT2D eigenvalue weighted by Gasteiger charge is 2.04. The quantitative estimate of drug-likeness (QED) is 0.852. The lowest BCUT2D eigenvalue weighted by Gasteiger charge is -2.14. The van der Waals surface area contributed by atoms with Gasteiger partial charge in [-0.2, -0.15) is 5.11 Å². The van der Waals surface area contributed by atoms with E-state index in [0.29, 0.717) is 16.4 Å². The van der Waals surface area contributed by atoms with Gasteiger partial charge >= 0.3 is 0 Å². The van der Waals surface area contributed by atoms with E-state index >= 15 is 0 Å². The Morgan fingerprint density at radius 1 is 1.05 bits per heavy atom. The molecule has 1 N–H and O–H groups in total. The number of anilines is 1. The molecular formula is C15H16ClN3O. The van der Waals surface area contributed by atoms with E-state index in [0.717, 1.165) is 11.3 Å². The van der Waals surface area contributed by atoms with E-state index in [-0.39, 0.29) is 6.61 Å². The first-order valence-corrected chi connectivity index (χ1v) is 6.57. The lowest BCUT2D eigenvalue weighted by molar-refractivity contribution is 0.282. The fourth-order valence-electron chi connectivity index (χ4n) is 1.71. The first-order valence-electron chi connectivity index (χ1n) is 6.19. The van der Waals surface area contributed by atoms with Crippen molar-refractivity contribution in [2.24, 2.45) is 10.2 Å². The fourth-order valence-corrected chi connectivity index (χ4v) is 1.89. The molecule has 0 aromatic heterocycles. The zero-order chi connectivity index (χ0) is 14.5. The summed E-state index contributed by atoms with van der Waals surface area (Å²) in [6.07, 6.45) is 0. The van der Waals surface area contributed by atoms with E-state index in [1.54, 1.807) is 12.1 Å². The number of aliphatic hydroxyl groups is 1.